The summed E-state index contributed by atoms with van der Waals surface area (Å²) >= 11 is 0. The second-order valence-electron chi connectivity index (χ2n) is 8.31. The van der Waals surface area contributed by atoms with Crippen molar-refractivity contribution in [2.45, 2.75) is 26.2 Å². The molecule has 0 aliphatic carbocycles. The van der Waals surface area contributed by atoms with Crippen LogP contribution in [0.4, 0.5) is 11.8 Å². The molecular formula is C21H24N6O. The van der Waals surface area contributed by atoms with Crippen molar-refractivity contribution < 1.29 is 4.42 Å². The Morgan fingerprint density at radius 2 is 1.64 bits per heavy atom. The zero-order valence-electron chi connectivity index (χ0n) is 16.5. The Hall–Kier alpha value is -3.09. The van der Waals surface area contributed by atoms with Crippen LogP contribution in [0.2, 0.25) is 0 Å². The predicted molar refractivity (Wildman–Crippen MR) is 110 cm³/mol. The summed E-state index contributed by atoms with van der Waals surface area (Å²) in [5, 5.41) is 4.79. The molecule has 7 heteroatoms. The standard InChI is InChI=1S/C21H24N6O/c1-21(2,3)17-14-27-18(23-17)8-9-19(24-27)25-10-12-26(13-11-25)20-22-15-6-4-5-7-16(15)28-20/h4-9,14H,10-13H2,1-3H3. The third-order valence-corrected chi connectivity index (χ3v) is 5.23. The van der Waals surface area contributed by atoms with E-state index in [1.165, 1.54) is 0 Å². The molecule has 0 radical (unpaired) electrons. The number of hydrogen-bond acceptors (Lipinski definition) is 6. The second-order valence-corrected chi connectivity index (χ2v) is 8.31. The molecule has 0 amide bonds. The van der Waals surface area contributed by atoms with Crippen LogP contribution < -0.4 is 9.80 Å². The Morgan fingerprint density at radius 1 is 0.893 bits per heavy atom. The van der Waals surface area contributed by atoms with Crippen molar-refractivity contribution in [3.05, 3.63) is 48.3 Å². The van der Waals surface area contributed by atoms with Gasteiger partial charge in [0.2, 0.25) is 0 Å². The van der Waals surface area contributed by atoms with Crippen LogP contribution in [0.3, 0.4) is 0 Å². The topological polar surface area (TPSA) is 62.7 Å². The van der Waals surface area contributed by atoms with Crippen molar-refractivity contribution in [3.63, 3.8) is 0 Å². The van der Waals surface area contributed by atoms with Crippen molar-refractivity contribution in [2.24, 2.45) is 0 Å². The molecule has 1 aliphatic heterocycles. The molecule has 1 fully saturated rings. The van der Waals surface area contributed by atoms with Crippen LogP contribution in [0, 0.1) is 0 Å². The zero-order chi connectivity index (χ0) is 19.3. The Kier molecular flexibility index (Phi) is 3.79. The van der Waals surface area contributed by atoms with Gasteiger partial charge in [-0.15, -0.1) is 5.10 Å². The highest BCUT2D eigenvalue weighted by molar-refractivity contribution is 5.74. The Balaban J connectivity index is 1.33. The van der Waals surface area contributed by atoms with Crippen molar-refractivity contribution in [3.8, 4) is 0 Å². The number of piperazine rings is 1. The average Bonchev–Trinajstić information content (AvgIpc) is 3.31. The molecule has 0 spiro atoms. The van der Waals surface area contributed by atoms with Gasteiger partial charge in [0.1, 0.15) is 11.3 Å². The van der Waals surface area contributed by atoms with Gasteiger partial charge in [0, 0.05) is 31.6 Å². The summed E-state index contributed by atoms with van der Waals surface area (Å²) in [7, 11) is 0. The first-order chi connectivity index (χ1) is 13.5. The number of rotatable bonds is 2. The van der Waals surface area contributed by atoms with Crippen LogP contribution in [0.15, 0.2) is 47.0 Å². The Morgan fingerprint density at radius 3 is 2.39 bits per heavy atom. The number of nitrogens with zero attached hydrogens (tertiary/aromatic N) is 6. The molecule has 1 aliphatic rings. The molecule has 7 nitrogen and oxygen atoms in total. The SMILES string of the molecule is CC(C)(C)c1cn2nc(N3CCN(c4nc5ccccc5o4)CC3)ccc2n1. The van der Waals surface area contributed by atoms with Crippen LogP contribution in [0.25, 0.3) is 16.7 Å². The van der Waals surface area contributed by atoms with Gasteiger partial charge in [0.15, 0.2) is 11.2 Å². The van der Waals surface area contributed by atoms with E-state index in [0.29, 0.717) is 6.01 Å². The largest absolute Gasteiger partial charge is 0.423 e. The minimum absolute atomic E-state index is 0.0130. The van der Waals surface area contributed by atoms with Crippen LogP contribution in [-0.2, 0) is 5.41 Å². The smallest absolute Gasteiger partial charge is 0.298 e. The van der Waals surface area contributed by atoms with E-state index in [9.17, 15) is 0 Å². The Bertz CT molecular complexity index is 1100. The molecule has 1 saturated heterocycles. The lowest BCUT2D eigenvalue weighted by Gasteiger charge is -2.34. The lowest BCUT2D eigenvalue weighted by Crippen LogP contribution is -2.47. The molecular weight excluding hydrogens is 352 g/mol. The number of para-hydroxylation sites is 2. The van der Waals surface area contributed by atoms with Crippen LogP contribution in [0.1, 0.15) is 26.5 Å². The summed E-state index contributed by atoms with van der Waals surface area (Å²) in [6.07, 6.45) is 2.04. The lowest BCUT2D eigenvalue weighted by atomic mass is 9.93. The molecule has 0 bridgehead atoms. The minimum Gasteiger partial charge on any atom is -0.423 e. The molecule has 4 aromatic rings. The maximum absolute atomic E-state index is 5.91. The van der Waals surface area contributed by atoms with Gasteiger partial charge in [-0.2, -0.15) is 4.98 Å². The van der Waals surface area contributed by atoms with E-state index in [1.807, 2.05) is 41.0 Å². The van der Waals surface area contributed by atoms with Gasteiger partial charge < -0.3 is 14.2 Å². The molecule has 0 unspecified atom stereocenters. The first-order valence-corrected chi connectivity index (χ1v) is 9.70. The van der Waals surface area contributed by atoms with Crippen LogP contribution in [0.5, 0.6) is 0 Å². The number of oxazole rings is 1. The number of fused-ring (bicyclic) bond motifs is 2. The van der Waals surface area contributed by atoms with Crippen molar-refractivity contribution >= 4 is 28.6 Å². The molecule has 144 valence electrons. The quantitative estimate of drug-likeness (QED) is 0.534. The molecule has 0 N–H and O–H groups in total. The van der Waals surface area contributed by atoms with Crippen LogP contribution in [-0.4, -0.2) is 45.8 Å². The van der Waals surface area contributed by atoms with Gasteiger partial charge in [-0.1, -0.05) is 32.9 Å². The van der Waals surface area contributed by atoms with Gasteiger partial charge >= 0.3 is 0 Å². The number of benzene rings is 1. The summed E-state index contributed by atoms with van der Waals surface area (Å²) in [5.74, 6) is 0.975. The van der Waals surface area contributed by atoms with Crippen molar-refractivity contribution in [2.75, 3.05) is 36.0 Å². The molecule has 28 heavy (non-hydrogen) atoms. The number of imidazole rings is 1. The molecule has 1 aromatic carbocycles. The average molecular weight is 376 g/mol. The predicted octanol–water partition coefficient (Wildman–Crippen LogP) is 3.49. The van der Waals surface area contributed by atoms with Crippen molar-refractivity contribution in [1.29, 1.82) is 0 Å². The Labute approximate surface area is 163 Å². The maximum atomic E-state index is 5.91. The monoisotopic (exact) mass is 376 g/mol. The third-order valence-electron chi connectivity index (χ3n) is 5.23. The molecule has 0 saturated carbocycles. The van der Waals surface area contributed by atoms with E-state index in [2.05, 4.69) is 41.6 Å². The van der Waals surface area contributed by atoms with E-state index in [1.54, 1.807) is 0 Å². The fourth-order valence-corrected chi connectivity index (χ4v) is 3.52. The van der Waals surface area contributed by atoms with E-state index in [0.717, 1.165) is 54.4 Å². The number of anilines is 2. The first kappa shape index (κ1) is 17.0. The van der Waals surface area contributed by atoms with Gasteiger partial charge in [-0.05, 0) is 24.3 Å². The third kappa shape index (κ3) is 2.96. The fourth-order valence-electron chi connectivity index (χ4n) is 3.52. The molecule has 3 aromatic heterocycles. The normalized spacial score (nSPS) is 15.7. The summed E-state index contributed by atoms with van der Waals surface area (Å²) < 4.78 is 7.80. The van der Waals surface area contributed by atoms with Gasteiger partial charge in [-0.25, -0.2) is 9.50 Å². The summed E-state index contributed by atoms with van der Waals surface area (Å²) in [6.45, 7) is 9.95. The summed E-state index contributed by atoms with van der Waals surface area (Å²) in [6, 6.07) is 12.7. The highest BCUT2D eigenvalue weighted by Gasteiger charge is 2.23. The van der Waals surface area contributed by atoms with E-state index in [-0.39, 0.29) is 5.41 Å². The fraction of sp³-hybridized carbons (Fsp3) is 0.381. The van der Waals surface area contributed by atoms with Crippen molar-refractivity contribution in [1.82, 2.24) is 19.6 Å². The summed E-state index contributed by atoms with van der Waals surface area (Å²) in [5.41, 5.74) is 3.69. The molecule has 0 atom stereocenters. The van der Waals surface area contributed by atoms with Gasteiger partial charge in [0.05, 0.1) is 11.9 Å². The molecule has 4 heterocycles. The molecule has 5 rings (SSSR count). The number of hydrogen-bond donors (Lipinski definition) is 0. The first-order valence-electron chi connectivity index (χ1n) is 9.70. The van der Waals surface area contributed by atoms with E-state index >= 15 is 0 Å². The van der Waals surface area contributed by atoms with Gasteiger partial charge in [0.25, 0.3) is 6.01 Å². The highest BCUT2D eigenvalue weighted by Crippen LogP contribution is 2.25. The lowest BCUT2D eigenvalue weighted by molar-refractivity contribution is 0.539. The minimum atomic E-state index is 0.0130. The second kappa shape index (κ2) is 6.22. The summed E-state index contributed by atoms with van der Waals surface area (Å²) in [4.78, 5) is 13.8. The van der Waals surface area contributed by atoms with E-state index < -0.39 is 0 Å². The van der Waals surface area contributed by atoms with E-state index in [4.69, 9.17) is 14.5 Å². The number of aromatic nitrogens is 4. The van der Waals surface area contributed by atoms with Gasteiger partial charge in [-0.3, -0.25) is 0 Å². The zero-order valence-corrected chi connectivity index (χ0v) is 16.5. The van der Waals surface area contributed by atoms with Crippen LogP contribution >= 0.6 is 0 Å². The highest BCUT2D eigenvalue weighted by atomic mass is 16.4. The maximum Gasteiger partial charge on any atom is 0.298 e.